The van der Waals surface area contributed by atoms with Crippen LogP contribution in [-0.2, 0) is 11.3 Å². The van der Waals surface area contributed by atoms with E-state index in [0.29, 0.717) is 12.0 Å². The summed E-state index contributed by atoms with van der Waals surface area (Å²) >= 11 is 0. The standard InChI is InChI=1S/C29H45N3O3/c1-29(2,3)35-28(33)32-14-13-31-19-25(11-12-26(31)20-32)21-34-27-6-4-5-24(15-27)18-30-16-22-7-8-23(17-30)10-9-22/h4-6,15,22-23,25-26H,7-14,16-21H2,1-3H3/t22?,23?,25-,26+/m1/s1. The summed E-state index contributed by atoms with van der Waals surface area (Å²) < 4.78 is 11.9. The fourth-order valence-electron chi connectivity index (χ4n) is 6.62. The summed E-state index contributed by atoms with van der Waals surface area (Å²) in [6, 6.07) is 9.23. The minimum absolute atomic E-state index is 0.171. The van der Waals surface area contributed by atoms with E-state index in [2.05, 4.69) is 34.1 Å². The minimum atomic E-state index is -0.437. The molecule has 1 aromatic rings. The Hall–Kier alpha value is -1.79. The van der Waals surface area contributed by atoms with Crippen LogP contribution in [0.25, 0.3) is 0 Å². The Labute approximate surface area is 211 Å². The SMILES string of the molecule is CC(C)(C)OC(=O)N1CCN2C[C@H](COc3cccc(CN4CC5CCC(CC5)C4)c3)CC[C@H]2C1. The Morgan fingerprint density at radius 2 is 1.69 bits per heavy atom. The first-order valence-electron chi connectivity index (χ1n) is 14.0. The lowest BCUT2D eigenvalue weighted by Gasteiger charge is -2.46. The van der Waals surface area contributed by atoms with Gasteiger partial charge in [0, 0.05) is 57.8 Å². The van der Waals surface area contributed by atoms with Gasteiger partial charge in [0.15, 0.2) is 0 Å². The molecule has 1 saturated carbocycles. The maximum Gasteiger partial charge on any atom is 0.410 e. The molecule has 0 spiro atoms. The van der Waals surface area contributed by atoms with Gasteiger partial charge < -0.3 is 14.4 Å². The maximum absolute atomic E-state index is 12.5. The highest BCUT2D eigenvalue weighted by Crippen LogP contribution is 2.34. The number of carbonyl (C=O) groups excluding carboxylic acids is 1. The molecular weight excluding hydrogens is 438 g/mol. The van der Waals surface area contributed by atoms with Crippen molar-refractivity contribution in [2.24, 2.45) is 17.8 Å². The van der Waals surface area contributed by atoms with Gasteiger partial charge in [-0.15, -0.1) is 0 Å². The summed E-state index contributed by atoms with van der Waals surface area (Å²) in [6.07, 6.45) is 7.83. The number of piperidine rings is 1. The van der Waals surface area contributed by atoms with Crippen molar-refractivity contribution < 1.29 is 14.3 Å². The molecule has 5 fully saturated rings. The maximum atomic E-state index is 12.5. The zero-order chi connectivity index (χ0) is 24.4. The van der Waals surface area contributed by atoms with E-state index in [1.54, 1.807) is 0 Å². The van der Waals surface area contributed by atoms with Crippen molar-refractivity contribution in [2.45, 2.75) is 77.5 Å². The predicted molar refractivity (Wildman–Crippen MR) is 139 cm³/mol. The number of nitrogens with zero attached hydrogens (tertiary/aromatic N) is 3. The van der Waals surface area contributed by atoms with Crippen LogP contribution >= 0.6 is 0 Å². The van der Waals surface area contributed by atoms with Crippen molar-refractivity contribution in [3.8, 4) is 5.75 Å². The minimum Gasteiger partial charge on any atom is -0.493 e. The molecule has 0 radical (unpaired) electrons. The molecule has 1 aliphatic carbocycles. The van der Waals surface area contributed by atoms with Crippen molar-refractivity contribution in [1.82, 2.24) is 14.7 Å². The summed E-state index contributed by atoms with van der Waals surface area (Å²) in [5, 5.41) is 0. The lowest BCUT2D eigenvalue weighted by atomic mass is 9.84. The van der Waals surface area contributed by atoms with Gasteiger partial charge in [0.25, 0.3) is 0 Å². The first-order valence-corrected chi connectivity index (χ1v) is 14.0. The molecule has 0 unspecified atom stereocenters. The Balaban J connectivity index is 1.08. The number of amides is 1. The van der Waals surface area contributed by atoms with E-state index in [1.807, 2.05) is 25.7 Å². The van der Waals surface area contributed by atoms with E-state index in [4.69, 9.17) is 9.47 Å². The lowest BCUT2D eigenvalue weighted by Crippen LogP contribution is -2.58. The molecule has 4 aliphatic heterocycles. The highest BCUT2D eigenvalue weighted by atomic mass is 16.6. The van der Waals surface area contributed by atoms with E-state index >= 15 is 0 Å². The van der Waals surface area contributed by atoms with Crippen LogP contribution in [0.3, 0.4) is 0 Å². The van der Waals surface area contributed by atoms with Crippen LogP contribution in [0.15, 0.2) is 24.3 Å². The van der Waals surface area contributed by atoms with Crippen molar-refractivity contribution >= 4 is 6.09 Å². The first kappa shape index (κ1) is 24.9. The number of carbonyl (C=O) groups is 1. The van der Waals surface area contributed by atoms with E-state index in [1.165, 1.54) is 44.3 Å². The molecule has 5 aliphatic rings. The average molecular weight is 484 g/mol. The molecule has 6 rings (SSSR count). The quantitative estimate of drug-likeness (QED) is 0.589. The number of fused-ring (bicyclic) bond motifs is 5. The van der Waals surface area contributed by atoms with Crippen molar-refractivity contribution in [1.29, 1.82) is 0 Å². The molecule has 4 saturated heterocycles. The van der Waals surface area contributed by atoms with Crippen LogP contribution in [0.2, 0.25) is 0 Å². The van der Waals surface area contributed by atoms with Gasteiger partial charge in [0.1, 0.15) is 11.4 Å². The monoisotopic (exact) mass is 483 g/mol. The summed E-state index contributed by atoms with van der Waals surface area (Å²) in [7, 11) is 0. The van der Waals surface area contributed by atoms with Gasteiger partial charge in [0.2, 0.25) is 0 Å². The summed E-state index contributed by atoms with van der Waals surface area (Å²) in [5.41, 5.74) is 0.943. The molecule has 6 heteroatoms. The Kier molecular flexibility index (Phi) is 7.59. The summed E-state index contributed by atoms with van der Waals surface area (Å²) in [6.45, 7) is 13.7. The van der Waals surface area contributed by atoms with Gasteiger partial charge in [-0.25, -0.2) is 4.79 Å². The van der Waals surface area contributed by atoms with E-state index in [-0.39, 0.29) is 6.09 Å². The molecule has 2 bridgehead atoms. The predicted octanol–water partition coefficient (Wildman–Crippen LogP) is 5.02. The van der Waals surface area contributed by atoms with Crippen LogP contribution < -0.4 is 4.74 Å². The normalized spacial score (nSPS) is 30.0. The van der Waals surface area contributed by atoms with E-state index in [0.717, 1.165) is 69.8 Å². The van der Waals surface area contributed by atoms with Crippen molar-refractivity contribution in [3.63, 3.8) is 0 Å². The molecule has 35 heavy (non-hydrogen) atoms. The van der Waals surface area contributed by atoms with Crippen LogP contribution in [-0.4, -0.2) is 78.3 Å². The third-order valence-corrected chi connectivity index (χ3v) is 8.45. The lowest BCUT2D eigenvalue weighted by molar-refractivity contribution is -0.0122. The smallest absolute Gasteiger partial charge is 0.410 e. The number of rotatable bonds is 5. The molecule has 0 aromatic heterocycles. The Bertz CT molecular complexity index is 847. The Morgan fingerprint density at radius 3 is 2.40 bits per heavy atom. The summed E-state index contributed by atoms with van der Waals surface area (Å²) in [5.74, 6) is 3.38. The topological polar surface area (TPSA) is 45.3 Å². The number of hydrogen-bond acceptors (Lipinski definition) is 5. The van der Waals surface area contributed by atoms with Crippen LogP contribution in [0.1, 0.15) is 64.9 Å². The second kappa shape index (κ2) is 10.7. The molecule has 1 amide bonds. The van der Waals surface area contributed by atoms with Crippen LogP contribution in [0.5, 0.6) is 5.75 Å². The molecule has 2 atom stereocenters. The number of piperazine rings is 1. The van der Waals surface area contributed by atoms with Gasteiger partial charge in [0.05, 0.1) is 6.61 Å². The second-order valence-electron chi connectivity index (χ2n) is 12.6. The van der Waals surface area contributed by atoms with Crippen LogP contribution in [0, 0.1) is 17.8 Å². The molecule has 0 N–H and O–H groups in total. The van der Waals surface area contributed by atoms with Gasteiger partial charge in [-0.2, -0.15) is 0 Å². The van der Waals surface area contributed by atoms with Gasteiger partial charge in [-0.1, -0.05) is 12.1 Å². The van der Waals surface area contributed by atoms with E-state index < -0.39 is 5.60 Å². The number of benzene rings is 1. The van der Waals surface area contributed by atoms with Gasteiger partial charge in [-0.3, -0.25) is 9.80 Å². The molecule has 194 valence electrons. The zero-order valence-electron chi connectivity index (χ0n) is 22.1. The molecule has 4 heterocycles. The fourth-order valence-corrected chi connectivity index (χ4v) is 6.62. The number of ether oxygens (including phenoxy) is 2. The largest absolute Gasteiger partial charge is 0.493 e. The van der Waals surface area contributed by atoms with Crippen LogP contribution in [0.4, 0.5) is 4.79 Å². The van der Waals surface area contributed by atoms with Gasteiger partial charge >= 0.3 is 6.09 Å². The van der Waals surface area contributed by atoms with Crippen molar-refractivity contribution in [2.75, 3.05) is 45.9 Å². The third kappa shape index (κ3) is 6.71. The van der Waals surface area contributed by atoms with Gasteiger partial charge in [-0.05, 0) is 88.8 Å². The highest BCUT2D eigenvalue weighted by molar-refractivity contribution is 5.68. The average Bonchev–Trinajstić information content (AvgIpc) is 3.14. The van der Waals surface area contributed by atoms with E-state index in [9.17, 15) is 4.79 Å². The second-order valence-corrected chi connectivity index (χ2v) is 12.6. The molecule has 6 nitrogen and oxygen atoms in total. The zero-order valence-corrected chi connectivity index (χ0v) is 22.1. The third-order valence-electron chi connectivity index (χ3n) is 8.45. The number of hydrogen-bond donors (Lipinski definition) is 0. The summed E-state index contributed by atoms with van der Waals surface area (Å²) in [4.78, 5) is 19.6. The van der Waals surface area contributed by atoms with Crippen molar-refractivity contribution in [3.05, 3.63) is 29.8 Å². The fraction of sp³-hybridized carbons (Fsp3) is 0.759. The first-order chi connectivity index (χ1) is 16.8. The molecule has 1 aromatic carbocycles. The Morgan fingerprint density at radius 1 is 0.943 bits per heavy atom. The highest BCUT2D eigenvalue weighted by Gasteiger charge is 2.36. The molecular formula is C29H45N3O3.